The van der Waals surface area contributed by atoms with Crippen LogP contribution in [0.15, 0.2) is 29.4 Å². The van der Waals surface area contributed by atoms with E-state index >= 15 is 0 Å². The number of hydrogen-bond acceptors (Lipinski definition) is 5. The molecule has 2 aromatic rings. The minimum absolute atomic E-state index is 0.122. The van der Waals surface area contributed by atoms with Crippen molar-refractivity contribution in [2.75, 3.05) is 12.9 Å². The number of methoxy groups -OCH3 is 1. The maximum Gasteiger partial charge on any atom is 0.306 e. The second-order valence-electron chi connectivity index (χ2n) is 3.47. The standard InChI is InChI=1S/C11H11FN2O2S2/c1-16-10(15)3-5-17-9-6-8-2-4-14(18-12)11(8)13-7-9/h2,4,6-7H,3,5H2,1H3. The molecule has 2 rings (SSSR count). The second kappa shape index (κ2) is 6.10. The summed E-state index contributed by atoms with van der Waals surface area (Å²) in [5, 5.41) is 0.878. The predicted octanol–water partition coefficient (Wildman–Crippen LogP) is 3.07. The van der Waals surface area contributed by atoms with E-state index in [1.54, 1.807) is 18.5 Å². The molecule has 0 amide bonds. The first-order chi connectivity index (χ1) is 8.74. The number of halogens is 1. The molecular weight excluding hydrogens is 275 g/mol. The van der Waals surface area contributed by atoms with Crippen LogP contribution in [0.3, 0.4) is 0 Å². The average Bonchev–Trinajstić information content (AvgIpc) is 2.80. The molecule has 0 N–H and O–H groups in total. The Bertz CT molecular complexity index is 559. The van der Waals surface area contributed by atoms with Crippen molar-refractivity contribution < 1.29 is 13.4 Å². The van der Waals surface area contributed by atoms with Gasteiger partial charge in [-0.2, -0.15) is 0 Å². The molecule has 0 fully saturated rings. The van der Waals surface area contributed by atoms with Gasteiger partial charge in [-0.3, -0.25) is 4.79 Å². The summed E-state index contributed by atoms with van der Waals surface area (Å²) in [4.78, 5) is 16.1. The third kappa shape index (κ3) is 2.97. The van der Waals surface area contributed by atoms with E-state index in [2.05, 4.69) is 9.72 Å². The number of carbonyl (C=O) groups is 1. The van der Waals surface area contributed by atoms with Gasteiger partial charge in [0.1, 0.15) is 0 Å². The number of fused-ring (bicyclic) bond motifs is 1. The first-order valence-corrected chi connectivity index (χ1v) is 6.86. The van der Waals surface area contributed by atoms with Gasteiger partial charge in [0.25, 0.3) is 0 Å². The number of esters is 1. The Morgan fingerprint density at radius 1 is 1.61 bits per heavy atom. The van der Waals surface area contributed by atoms with Crippen LogP contribution in [0.5, 0.6) is 0 Å². The lowest BCUT2D eigenvalue weighted by Crippen LogP contribution is -2.00. The number of hydrogen-bond donors (Lipinski definition) is 0. The summed E-state index contributed by atoms with van der Waals surface area (Å²) in [5.41, 5.74) is 0.597. The van der Waals surface area contributed by atoms with Crippen LogP contribution in [0, 0.1) is 0 Å². The summed E-state index contributed by atoms with van der Waals surface area (Å²) in [6, 6.07) is 3.73. The molecule has 2 heterocycles. The minimum atomic E-state index is -0.225. The molecule has 0 spiro atoms. The Morgan fingerprint density at radius 3 is 3.17 bits per heavy atom. The molecule has 0 aliphatic heterocycles. The van der Waals surface area contributed by atoms with Gasteiger partial charge in [-0.1, -0.05) is 0 Å². The average molecular weight is 286 g/mol. The summed E-state index contributed by atoms with van der Waals surface area (Å²) in [6.45, 7) is 0. The van der Waals surface area contributed by atoms with Crippen molar-refractivity contribution in [3.63, 3.8) is 0 Å². The Hall–Kier alpha value is -1.21. The molecular formula is C11H11FN2O2S2. The van der Waals surface area contributed by atoms with Gasteiger partial charge in [0.15, 0.2) is 18.0 Å². The fourth-order valence-corrected chi connectivity index (χ4v) is 2.64. The van der Waals surface area contributed by atoms with Crippen molar-refractivity contribution in [3.8, 4) is 0 Å². The third-order valence-electron chi connectivity index (χ3n) is 2.35. The predicted molar refractivity (Wildman–Crippen MR) is 71.2 cm³/mol. The summed E-state index contributed by atoms with van der Waals surface area (Å²) < 4.78 is 18.4. The van der Waals surface area contributed by atoms with E-state index < -0.39 is 0 Å². The molecule has 0 radical (unpaired) electrons. The third-order valence-corrected chi connectivity index (χ3v) is 3.75. The molecule has 0 atom stereocenters. The van der Waals surface area contributed by atoms with Crippen LogP contribution in [0.4, 0.5) is 3.89 Å². The Labute approximate surface area is 112 Å². The maximum absolute atomic E-state index is 12.5. The number of pyridine rings is 1. The van der Waals surface area contributed by atoms with Crippen molar-refractivity contribution >= 4 is 41.1 Å². The maximum atomic E-state index is 12.5. The number of thioether (sulfide) groups is 1. The highest BCUT2D eigenvalue weighted by atomic mass is 32.2. The van der Waals surface area contributed by atoms with Crippen molar-refractivity contribution in [3.05, 3.63) is 24.5 Å². The number of ether oxygens (including phenoxy) is 1. The van der Waals surface area contributed by atoms with E-state index in [9.17, 15) is 8.68 Å². The molecule has 0 aliphatic carbocycles. The van der Waals surface area contributed by atoms with Gasteiger partial charge >= 0.3 is 5.97 Å². The fourth-order valence-electron chi connectivity index (χ4n) is 1.47. The number of rotatable bonds is 5. The molecule has 0 aliphatic rings. The van der Waals surface area contributed by atoms with Crippen LogP contribution in [0.2, 0.25) is 0 Å². The molecule has 4 nitrogen and oxygen atoms in total. The first-order valence-electron chi connectivity index (χ1n) is 5.20. The van der Waals surface area contributed by atoms with E-state index in [4.69, 9.17) is 0 Å². The van der Waals surface area contributed by atoms with Gasteiger partial charge in [-0.25, -0.2) is 8.96 Å². The Balaban J connectivity index is 2.04. The number of nitrogens with zero attached hydrogens (tertiary/aromatic N) is 2. The van der Waals surface area contributed by atoms with E-state index in [1.165, 1.54) is 22.8 Å². The zero-order valence-corrected chi connectivity index (χ0v) is 11.3. The van der Waals surface area contributed by atoms with E-state index in [0.717, 1.165) is 10.3 Å². The van der Waals surface area contributed by atoms with Gasteiger partial charge < -0.3 is 4.74 Å². The van der Waals surface area contributed by atoms with Crippen LogP contribution >= 0.6 is 24.1 Å². The molecule has 0 saturated carbocycles. The summed E-state index contributed by atoms with van der Waals surface area (Å²) >= 11 is 1.64. The topological polar surface area (TPSA) is 44.1 Å². The van der Waals surface area contributed by atoms with Crippen molar-refractivity contribution in [1.29, 1.82) is 0 Å². The lowest BCUT2D eigenvalue weighted by atomic mass is 10.3. The minimum Gasteiger partial charge on any atom is -0.469 e. The summed E-state index contributed by atoms with van der Waals surface area (Å²) in [6.07, 6.45) is 3.67. The van der Waals surface area contributed by atoms with Crippen molar-refractivity contribution in [2.24, 2.45) is 0 Å². The van der Waals surface area contributed by atoms with Crippen LogP contribution in [-0.2, 0) is 9.53 Å². The molecule has 2 aromatic heterocycles. The monoisotopic (exact) mass is 286 g/mol. The normalized spacial score (nSPS) is 10.8. The van der Waals surface area contributed by atoms with Gasteiger partial charge in [0, 0.05) is 28.4 Å². The Morgan fingerprint density at radius 2 is 2.44 bits per heavy atom. The zero-order chi connectivity index (χ0) is 13.0. The summed E-state index contributed by atoms with van der Waals surface area (Å²) in [5.74, 6) is 0.412. The van der Waals surface area contributed by atoms with Gasteiger partial charge in [-0.15, -0.1) is 15.6 Å². The largest absolute Gasteiger partial charge is 0.469 e. The molecule has 18 heavy (non-hydrogen) atoms. The SMILES string of the molecule is COC(=O)CCSc1cnc2c(ccn2SF)c1. The van der Waals surface area contributed by atoms with Gasteiger partial charge in [-0.05, 0) is 12.1 Å². The molecule has 7 heteroatoms. The molecule has 0 saturated heterocycles. The van der Waals surface area contributed by atoms with E-state index in [-0.39, 0.29) is 18.3 Å². The van der Waals surface area contributed by atoms with E-state index in [1.807, 2.05) is 6.07 Å². The molecule has 0 bridgehead atoms. The van der Waals surface area contributed by atoms with Crippen LogP contribution in [-0.4, -0.2) is 27.8 Å². The van der Waals surface area contributed by atoms with Crippen LogP contribution in [0.25, 0.3) is 11.0 Å². The zero-order valence-electron chi connectivity index (χ0n) is 9.63. The lowest BCUT2D eigenvalue weighted by Gasteiger charge is -2.01. The highest BCUT2D eigenvalue weighted by Gasteiger charge is 2.06. The van der Waals surface area contributed by atoms with Crippen molar-refractivity contribution in [1.82, 2.24) is 8.96 Å². The van der Waals surface area contributed by atoms with Crippen LogP contribution in [0.1, 0.15) is 6.42 Å². The Kier molecular flexibility index (Phi) is 4.48. The summed E-state index contributed by atoms with van der Waals surface area (Å²) in [7, 11) is 1.37. The second-order valence-corrected chi connectivity index (χ2v) is 5.17. The van der Waals surface area contributed by atoms with Gasteiger partial charge in [0.2, 0.25) is 0 Å². The number of aromatic nitrogens is 2. The molecule has 96 valence electrons. The molecule has 0 unspecified atom stereocenters. The smallest absolute Gasteiger partial charge is 0.306 e. The number of carbonyl (C=O) groups excluding carboxylic acids is 1. The fraction of sp³-hybridized carbons (Fsp3) is 0.273. The quantitative estimate of drug-likeness (QED) is 0.624. The first kappa shape index (κ1) is 13.2. The highest BCUT2D eigenvalue weighted by molar-refractivity contribution is 7.99. The van der Waals surface area contributed by atoms with Crippen molar-refractivity contribution in [2.45, 2.75) is 11.3 Å². The van der Waals surface area contributed by atoms with Gasteiger partial charge in [0.05, 0.1) is 13.5 Å². The lowest BCUT2D eigenvalue weighted by molar-refractivity contribution is -0.140. The highest BCUT2D eigenvalue weighted by Crippen LogP contribution is 2.25. The molecule has 0 aromatic carbocycles. The van der Waals surface area contributed by atoms with Crippen LogP contribution < -0.4 is 0 Å². The van der Waals surface area contributed by atoms with E-state index in [0.29, 0.717) is 17.8 Å².